The first-order valence-corrected chi connectivity index (χ1v) is 9.28. The zero-order valence-electron chi connectivity index (χ0n) is 16.3. The van der Waals surface area contributed by atoms with E-state index < -0.39 is 28.7 Å². The largest absolute Gasteiger partial charge is 0.458 e. The first-order chi connectivity index (χ1) is 12.0. The Hall–Kier alpha value is -1.69. The van der Waals surface area contributed by atoms with E-state index in [1.54, 1.807) is 20.8 Å². The third-order valence-corrected chi connectivity index (χ3v) is 4.26. The molecule has 1 atom stereocenters. The number of ether oxygens (including phenoxy) is 1. The van der Waals surface area contributed by atoms with Crippen LogP contribution >= 0.6 is 0 Å². The smallest absolute Gasteiger partial charge is 0.331 e. The summed E-state index contributed by atoms with van der Waals surface area (Å²) >= 11 is 0. The summed E-state index contributed by atoms with van der Waals surface area (Å²) in [7, 11) is 0. The topological polar surface area (TPSA) is 78.3 Å². The lowest BCUT2D eigenvalue weighted by atomic mass is 9.84. The summed E-state index contributed by atoms with van der Waals surface area (Å²) < 4.78 is 32.7. The van der Waals surface area contributed by atoms with Gasteiger partial charge in [-0.1, -0.05) is 45.4 Å². The van der Waals surface area contributed by atoms with E-state index in [1.807, 2.05) is 0 Å². The highest BCUT2D eigenvalue weighted by Gasteiger charge is 2.41. The molecule has 0 saturated carbocycles. The molecule has 0 aromatic heterocycles. The SMILES string of the molecule is CCCCCCCCC(N)(C(=O)OC(C)(C)C)c1cc(F)c(F)cc1N. The Balaban J connectivity index is 3.05. The number of nitrogens with two attached hydrogens (primary N) is 2. The number of esters is 1. The minimum Gasteiger partial charge on any atom is -0.458 e. The predicted octanol–water partition coefficient (Wildman–Crippen LogP) is 4.79. The highest BCUT2D eigenvalue weighted by molar-refractivity contribution is 5.84. The summed E-state index contributed by atoms with van der Waals surface area (Å²) in [6.45, 7) is 7.32. The van der Waals surface area contributed by atoms with Crippen molar-refractivity contribution in [2.24, 2.45) is 5.73 Å². The fourth-order valence-electron chi connectivity index (χ4n) is 2.85. The third kappa shape index (κ3) is 6.24. The Morgan fingerprint density at radius 1 is 1.04 bits per heavy atom. The minimum atomic E-state index is -1.61. The zero-order chi connectivity index (χ0) is 20.0. The van der Waals surface area contributed by atoms with Crippen LogP contribution in [0.2, 0.25) is 0 Å². The van der Waals surface area contributed by atoms with Crippen LogP contribution < -0.4 is 11.5 Å². The molecule has 26 heavy (non-hydrogen) atoms. The molecule has 0 aliphatic heterocycles. The molecule has 4 N–H and O–H groups in total. The highest BCUT2D eigenvalue weighted by atomic mass is 19.2. The molecule has 1 aromatic carbocycles. The Kier molecular flexibility index (Phi) is 8.00. The van der Waals surface area contributed by atoms with Gasteiger partial charge in [0, 0.05) is 17.3 Å². The van der Waals surface area contributed by atoms with Crippen molar-refractivity contribution in [1.29, 1.82) is 0 Å². The summed E-state index contributed by atoms with van der Waals surface area (Å²) in [5, 5.41) is 0. The Morgan fingerprint density at radius 3 is 2.15 bits per heavy atom. The first-order valence-electron chi connectivity index (χ1n) is 9.28. The van der Waals surface area contributed by atoms with Gasteiger partial charge in [-0.3, -0.25) is 0 Å². The van der Waals surface area contributed by atoms with Crippen LogP contribution in [0.4, 0.5) is 14.5 Å². The van der Waals surface area contributed by atoms with Gasteiger partial charge in [-0.2, -0.15) is 0 Å². The van der Waals surface area contributed by atoms with Crippen molar-refractivity contribution in [2.45, 2.75) is 83.8 Å². The normalized spacial score (nSPS) is 14.1. The van der Waals surface area contributed by atoms with Crippen LogP contribution in [-0.2, 0) is 15.1 Å². The van der Waals surface area contributed by atoms with Crippen LogP contribution in [0, 0.1) is 11.6 Å². The van der Waals surface area contributed by atoms with Crippen molar-refractivity contribution in [3.63, 3.8) is 0 Å². The molecule has 0 bridgehead atoms. The van der Waals surface area contributed by atoms with E-state index in [4.69, 9.17) is 16.2 Å². The van der Waals surface area contributed by atoms with Crippen LogP contribution in [0.1, 0.15) is 78.2 Å². The highest BCUT2D eigenvalue weighted by Crippen LogP contribution is 2.33. The van der Waals surface area contributed by atoms with E-state index in [0.29, 0.717) is 6.42 Å². The van der Waals surface area contributed by atoms with Gasteiger partial charge in [0.25, 0.3) is 0 Å². The van der Waals surface area contributed by atoms with Gasteiger partial charge in [0.15, 0.2) is 11.6 Å². The average molecular weight is 370 g/mol. The van der Waals surface area contributed by atoms with Crippen LogP contribution in [-0.4, -0.2) is 11.6 Å². The molecule has 1 rings (SSSR count). The number of rotatable bonds is 9. The maximum absolute atomic E-state index is 13.8. The van der Waals surface area contributed by atoms with Crippen molar-refractivity contribution in [1.82, 2.24) is 0 Å². The molecule has 0 aliphatic rings. The summed E-state index contributed by atoms with van der Waals surface area (Å²) in [6.07, 6.45) is 6.27. The lowest BCUT2D eigenvalue weighted by Crippen LogP contribution is -2.49. The van der Waals surface area contributed by atoms with Gasteiger partial charge in [-0.05, 0) is 33.3 Å². The summed E-state index contributed by atoms with van der Waals surface area (Å²) in [4.78, 5) is 12.8. The zero-order valence-corrected chi connectivity index (χ0v) is 16.3. The molecule has 0 heterocycles. The molecule has 6 heteroatoms. The fraction of sp³-hybridized carbons (Fsp3) is 0.650. The lowest BCUT2D eigenvalue weighted by Gasteiger charge is -2.32. The maximum Gasteiger partial charge on any atom is 0.331 e. The van der Waals surface area contributed by atoms with Gasteiger partial charge >= 0.3 is 5.97 Å². The van der Waals surface area contributed by atoms with Gasteiger partial charge in [-0.15, -0.1) is 0 Å². The standard InChI is InChI=1S/C20H32F2N2O2/c1-5-6-7-8-9-10-11-20(24,18(25)26-19(2,3)4)14-12-15(21)16(22)13-17(14)23/h12-13H,5-11,23-24H2,1-4H3. The van der Waals surface area contributed by atoms with Crippen molar-refractivity contribution in [3.05, 3.63) is 29.3 Å². The first kappa shape index (κ1) is 22.4. The molecule has 0 aliphatic carbocycles. The van der Waals surface area contributed by atoms with E-state index in [0.717, 1.165) is 44.2 Å². The molecule has 0 amide bonds. The molecule has 1 aromatic rings. The quantitative estimate of drug-likeness (QED) is 0.372. The Labute approximate surface area is 155 Å². The molecule has 148 valence electrons. The van der Waals surface area contributed by atoms with Crippen LogP contribution in [0.15, 0.2) is 12.1 Å². The van der Waals surface area contributed by atoms with E-state index in [1.165, 1.54) is 0 Å². The van der Waals surface area contributed by atoms with Crippen LogP contribution in [0.25, 0.3) is 0 Å². The van der Waals surface area contributed by atoms with Crippen LogP contribution in [0.5, 0.6) is 0 Å². The lowest BCUT2D eigenvalue weighted by molar-refractivity contribution is -0.162. The number of carbonyl (C=O) groups excluding carboxylic acids is 1. The number of halogens is 2. The number of unbranched alkanes of at least 4 members (excludes halogenated alkanes) is 5. The summed E-state index contributed by atoms with van der Waals surface area (Å²) in [5.74, 6) is -2.84. The van der Waals surface area contributed by atoms with Gasteiger partial charge in [0.1, 0.15) is 11.1 Å². The second-order valence-corrected chi connectivity index (χ2v) is 7.84. The van der Waals surface area contributed by atoms with E-state index in [-0.39, 0.29) is 17.7 Å². The van der Waals surface area contributed by atoms with Gasteiger partial charge < -0.3 is 16.2 Å². The van der Waals surface area contributed by atoms with Crippen molar-refractivity contribution < 1.29 is 18.3 Å². The second kappa shape index (κ2) is 9.31. The molecule has 4 nitrogen and oxygen atoms in total. The fourth-order valence-corrected chi connectivity index (χ4v) is 2.85. The second-order valence-electron chi connectivity index (χ2n) is 7.84. The number of benzene rings is 1. The Morgan fingerprint density at radius 2 is 1.58 bits per heavy atom. The molecule has 0 fully saturated rings. The number of carbonyl (C=O) groups is 1. The van der Waals surface area contributed by atoms with Crippen molar-refractivity contribution in [3.8, 4) is 0 Å². The molecule has 0 spiro atoms. The van der Waals surface area contributed by atoms with E-state index in [2.05, 4.69) is 6.92 Å². The molecular formula is C20H32F2N2O2. The van der Waals surface area contributed by atoms with Crippen molar-refractivity contribution >= 4 is 11.7 Å². The van der Waals surface area contributed by atoms with Crippen molar-refractivity contribution in [2.75, 3.05) is 5.73 Å². The number of anilines is 1. The minimum absolute atomic E-state index is 0.0526. The van der Waals surface area contributed by atoms with E-state index in [9.17, 15) is 13.6 Å². The van der Waals surface area contributed by atoms with Crippen LogP contribution in [0.3, 0.4) is 0 Å². The number of nitrogen functional groups attached to an aromatic ring is 1. The molecular weight excluding hydrogens is 338 g/mol. The van der Waals surface area contributed by atoms with E-state index >= 15 is 0 Å². The predicted molar refractivity (Wildman–Crippen MR) is 100 cm³/mol. The third-order valence-electron chi connectivity index (χ3n) is 4.26. The average Bonchev–Trinajstić information content (AvgIpc) is 2.52. The van der Waals surface area contributed by atoms with Gasteiger partial charge in [0.05, 0.1) is 0 Å². The Bertz CT molecular complexity index is 615. The summed E-state index contributed by atoms with van der Waals surface area (Å²) in [5.41, 5.74) is 9.89. The summed E-state index contributed by atoms with van der Waals surface area (Å²) in [6, 6.07) is 1.77. The number of hydrogen-bond acceptors (Lipinski definition) is 4. The van der Waals surface area contributed by atoms with Gasteiger partial charge in [-0.25, -0.2) is 13.6 Å². The molecule has 0 saturated heterocycles. The maximum atomic E-state index is 13.8. The molecule has 1 unspecified atom stereocenters. The molecule has 0 radical (unpaired) electrons. The monoisotopic (exact) mass is 370 g/mol. The number of hydrogen-bond donors (Lipinski definition) is 2. The van der Waals surface area contributed by atoms with Gasteiger partial charge in [0.2, 0.25) is 0 Å².